The molecule has 0 atom stereocenters. The van der Waals surface area contributed by atoms with E-state index in [1.807, 2.05) is 39.8 Å². The summed E-state index contributed by atoms with van der Waals surface area (Å²) in [5.74, 6) is -0.294. The quantitative estimate of drug-likeness (QED) is 0.845. The SMILES string of the molecule is Cc1csc(CCNc2ccc(C(=O)OC(C)(C)C)cc2)n1. The molecule has 22 heavy (non-hydrogen) atoms. The molecule has 0 saturated carbocycles. The summed E-state index contributed by atoms with van der Waals surface area (Å²) >= 11 is 1.68. The van der Waals surface area contributed by atoms with Crippen LogP contribution in [0, 0.1) is 6.92 Å². The van der Waals surface area contributed by atoms with Gasteiger partial charge in [0.1, 0.15) is 5.60 Å². The number of thiazole rings is 1. The number of nitrogens with one attached hydrogen (secondary N) is 1. The van der Waals surface area contributed by atoms with Crippen molar-refractivity contribution in [2.24, 2.45) is 0 Å². The van der Waals surface area contributed by atoms with Gasteiger partial charge in [0.05, 0.1) is 10.6 Å². The molecule has 5 heteroatoms. The minimum absolute atomic E-state index is 0.294. The highest BCUT2D eigenvalue weighted by Crippen LogP contribution is 2.15. The number of benzene rings is 1. The summed E-state index contributed by atoms with van der Waals surface area (Å²) in [4.78, 5) is 16.4. The number of ether oxygens (including phenoxy) is 1. The number of aromatic nitrogens is 1. The molecule has 1 heterocycles. The van der Waals surface area contributed by atoms with Crippen LogP contribution in [0.15, 0.2) is 29.6 Å². The van der Waals surface area contributed by atoms with Gasteiger partial charge in [-0.05, 0) is 52.0 Å². The van der Waals surface area contributed by atoms with Crippen LogP contribution in [-0.2, 0) is 11.2 Å². The maximum absolute atomic E-state index is 11.9. The van der Waals surface area contributed by atoms with E-state index in [1.165, 1.54) is 0 Å². The van der Waals surface area contributed by atoms with Crippen molar-refractivity contribution in [3.63, 3.8) is 0 Å². The third-order valence-corrected chi connectivity index (χ3v) is 3.88. The highest BCUT2D eigenvalue weighted by atomic mass is 32.1. The van der Waals surface area contributed by atoms with Crippen LogP contribution in [-0.4, -0.2) is 23.1 Å². The van der Waals surface area contributed by atoms with Gasteiger partial charge >= 0.3 is 5.97 Å². The summed E-state index contributed by atoms with van der Waals surface area (Å²) in [6.07, 6.45) is 0.895. The number of aryl methyl sites for hydroxylation is 1. The van der Waals surface area contributed by atoms with E-state index in [1.54, 1.807) is 23.5 Å². The minimum atomic E-state index is -0.472. The Balaban J connectivity index is 1.85. The second-order valence-corrected chi connectivity index (χ2v) is 7.08. The van der Waals surface area contributed by atoms with E-state index in [2.05, 4.69) is 15.7 Å². The van der Waals surface area contributed by atoms with Gasteiger partial charge in [0.2, 0.25) is 0 Å². The molecular formula is C17H22N2O2S. The lowest BCUT2D eigenvalue weighted by molar-refractivity contribution is 0.00696. The van der Waals surface area contributed by atoms with Gasteiger partial charge < -0.3 is 10.1 Å². The summed E-state index contributed by atoms with van der Waals surface area (Å²) in [6.45, 7) is 8.41. The Morgan fingerprint density at radius 2 is 1.95 bits per heavy atom. The van der Waals surface area contributed by atoms with Gasteiger partial charge in [0, 0.05) is 29.7 Å². The number of carbonyl (C=O) groups is 1. The summed E-state index contributed by atoms with van der Waals surface area (Å²) < 4.78 is 5.34. The normalized spacial score (nSPS) is 11.3. The topological polar surface area (TPSA) is 51.2 Å². The molecule has 118 valence electrons. The van der Waals surface area contributed by atoms with Crippen molar-refractivity contribution in [3.05, 3.63) is 45.9 Å². The summed E-state index contributed by atoms with van der Waals surface area (Å²) in [5, 5.41) is 6.53. The molecule has 0 aliphatic rings. The van der Waals surface area contributed by atoms with Gasteiger partial charge in [0.15, 0.2) is 0 Å². The van der Waals surface area contributed by atoms with E-state index >= 15 is 0 Å². The molecule has 0 fully saturated rings. The van der Waals surface area contributed by atoms with E-state index < -0.39 is 5.60 Å². The number of esters is 1. The van der Waals surface area contributed by atoms with Gasteiger partial charge in [-0.1, -0.05) is 0 Å². The van der Waals surface area contributed by atoms with Crippen LogP contribution in [0.5, 0.6) is 0 Å². The van der Waals surface area contributed by atoms with Crippen molar-refractivity contribution in [3.8, 4) is 0 Å². The van der Waals surface area contributed by atoms with Crippen molar-refractivity contribution in [1.29, 1.82) is 0 Å². The molecule has 4 nitrogen and oxygen atoms in total. The number of hydrogen-bond donors (Lipinski definition) is 1. The average molecular weight is 318 g/mol. The molecule has 0 unspecified atom stereocenters. The zero-order valence-corrected chi connectivity index (χ0v) is 14.3. The second-order valence-electron chi connectivity index (χ2n) is 6.14. The maximum atomic E-state index is 11.9. The molecule has 1 N–H and O–H groups in total. The molecule has 0 amide bonds. The van der Waals surface area contributed by atoms with Crippen LogP contribution >= 0.6 is 11.3 Å². The lowest BCUT2D eigenvalue weighted by Gasteiger charge is -2.19. The fourth-order valence-electron chi connectivity index (χ4n) is 1.89. The molecule has 0 aliphatic carbocycles. The van der Waals surface area contributed by atoms with Crippen molar-refractivity contribution in [1.82, 2.24) is 4.98 Å². The standard InChI is InChI=1S/C17H22N2O2S/c1-12-11-22-15(19-12)9-10-18-14-7-5-13(6-8-14)16(20)21-17(2,3)4/h5-8,11,18H,9-10H2,1-4H3. The van der Waals surface area contributed by atoms with Gasteiger partial charge in [-0.2, -0.15) is 0 Å². The number of carbonyl (C=O) groups excluding carboxylic acids is 1. The number of rotatable bonds is 5. The third kappa shape index (κ3) is 5.15. The summed E-state index contributed by atoms with van der Waals surface area (Å²) in [7, 11) is 0. The van der Waals surface area contributed by atoms with E-state index in [9.17, 15) is 4.79 Å². The number of hydrogen-bond acceptors (Lipinski definition) is 5. The Hall–Kier alpha value is -1.88. The van der Waals surface area contributed by atoms with Crippen LogP contribution in [0.4, 0.5) is 5.69 Å². The Morgan fingerprint density at radius 1 is 1.27 bits per heavy atom. The fraction of sp³-hybridized carbons (Fsp3) is 0.412. The molecule has 1 aromatic heterocycles. The Morgan fingerprint density at radius 3 is 2.50 bits per heavy atom. The average Bonchev–Trinajstić information content (AvgIpc) is 2.83. The van der Waals surface area contributed by atoms with Crippen molar-refractivity contribution in [2.45, 2.75) is 39.7 Å². The zero-order chi connectivity index (χ0) is 16.2. The highest BCUT2D eigenvalue weighted by molar-refractivity contribution is 7.09. The first kappa shape index (κ1) is 16.5. The van der Waals surface area contributed by atoms with Gasteiger partial charge in [-0.25, -0.2) is 9.78 Å². The second kappa shape index (κ2) is 6.92. The Bertz CT molecular complexity index is 627. The largest absolute Gasteiger partial charge is 0.456 e. The molecule has 0 aliphatic heterocycles. The maximum Gasteiger partial charge on any atom is 0.338 e. The predicted molar refractivity (Wildman–Crippen MR) is 90.7 cm³/mol. The minimum Gasteiger partial charge on any atom is -0.456 e. The van der Waals surface area contributed by atoms with Crippen molar-refractivity contribution >= 4 is 23.0 Å². The van der Waals surface area contributed by atoms with Crippen LogP contribution in [0.3, 0.4) is 0 Å². The summed E-state index contributed by atoms with van der Waals surface area (Å²) in [5.41, 5.74) is 2.15. The molecule has 0 bridgehead atoms. The molecular weight excluding hydrogens is 296 g/mol. The zero-order valence-electron chi connectivity index (χ0n) is 13.5. The first-order chi connectivity index (χ1) is 10.3. The third-order valence-electron chi connectivity index (χ3n) is 2.85. The van der Waals surface area contributed by atoms with Gasteiger partial charge in [0.25, 0.3) is 0 Å². The molecule has 2 rings (SSSR count). The lowest BCUT2D eigenvalue weighted by atomic mass is 10.1. The van der Waals surface area contributed by atoms with Crippen LogP contribution < -0.4 is 5.32 Å². The molecule has 1 aromatic carbocycles. The monoisotopic (exact) mass is 318 g/mol. The van der Waals surface area contributed by atoms with Crippen molar-refractivity contribution < 1.29 is 9.53 Å². The van der Waals surface area contributed by atoms with Gasteiger partial charge in [-0.15, -0.1) is 11.3 Å². The fourth-order valence-corrected chi connectivity index (χ4v) is 2.67. The molecule has 0 spiro atoms. The highest BCUT2D eigenvalue weighted by Gasteiger charge is 2.17. The van der Waals surface area contributed by atoms with E-state index in [0.29, 0.717) is 5.56 Å². The summed E-state index contributed by atoms with van der Waals surface area (Å²) in [6, 6.07) is 7.35. The lowest BCUT2D eigenvalue weighted by Crippen LogP contribution is -2.23. The first-order valence-corrected chi connectivity index (χ1v) is 8.20. The Labute approximate surface area is 135 Å². The molecule has 0 radical (unpaired) electrons. The Kier molecular flexibility index (Phi) is 5.19. The van der Waals surface area contributed by atoms with Crippen LogP contribution in [0.2, 0.25) is 0 Å². The van der Waals surface area contributed by atoms with Crippen LogP contribution in [0.1, 0.15) is 41.8 Å². The van der Waals surface area contributed by atoms with Crippen molar-refractivity contribution in [2.75, 3.05) is 11.9 Å². The first-order valence-electron chi connectivity index (χ1n) is 7.32. The van der Waals surface area contributed by atoms with Gasteiger partial charge in [-0.3, -0.25) is 0 Å². The smallest absolute Gasteiger partial charge is 0.338 e. The molecule has 2 aromatic rings. The number of anilines is 1. The van der Waals surface area contributed by atoms with E-state index in [4.69, 9.17) is 4.74 Å². The predicted octanol–water partition coefficient (Wildman–Crippen LogP) is 4.06. The number of nitrogens with zero attached hydrogens (tertiary/aromatic N) is 1. The van der Waals surface area contributed by atoms with Crippen LogP contribution in [0.25, 0.3) is 0 Å². The molecule has 0 saturated heterocycles. The van der Waals surface area contributed by atoms with E-state index in [-0.39, 0.29) is 5.97 Å². The van der Waals surface area contributed by atoms with E-state index in [0.717, 1.165) is 29.4 Å².